The number of nitrogens with zero attached hydrogens (tertiary/aromatic N) is 1. The molecule has 0 aliphatic carbocycles. The molecule has 0 aromatic rings. The summed E-state index contributed by atoms with van der Waals surface area (Å²) in [6, 6.07) is -0.720. The molecule has 8 nitrogen and oxygen atoms in total. The molecule has 1 rings (SSSR count). The summed E-state index contributed by atoms with van der Waals surface area (Å²) in [6.07, 6.45) is 3.86. The number of carbonyl (C=O) groups is 4. The van der Waals surface area contributed by atoms with Crippen LogP contribution in [-0.2, 0) is 19.2 Å². The minimum atomic E-state index is -0.988. The maximum absolute atomic E-state index is 11.5. The number of hydrogen-bond donors (Lipinski definition) is 3. The maximum Gasteiger partial charge on any atom is 0.305 e. The van der Waals surface area contributed by atoms with Gasteiger partial charge in [-0.1, -0.05) is 0 Å². The van der Waals surface area contributed by atoms with E-state index in [0.717, 1.165) is 4.90 Å². The molecule has 0 fully saturated rings. The Morgan fingerprint density at radius 2 is 1.86 bits per heavy atom. The molecule has 21 heavy (non-hydrogen) atoms. The predicted molar refractivity (Wildman–Crippen MR) is 72.9 cm³/mol. The van der Waals surface area contributed by atoms with Gasteiger partial charge in [-0.25, -0.2) is 0 Å². The van der Waals surface area contributed by atoms with Gasteiger partial charge in [-0.3, -0.25) is 24.1 Å². The van der Waals surface area contributed by atoms with Crippen LogP contribution >= 0.6 is 0 Å². The minimum Gasteiger partial charge on any atom is -0.481 e. The van der Waals surface area contributed by atoms with Crippen molar-refractivity contribution in [2.75, 3.05) is 13.1 Å². The van der Waals surface area contributed by atoms with Gasteiger partial charge in [0.15, 0.2) is 0 Å². The number of aliphatic carboxylic acids is 1. The van der Waals surface area contributed by atoms with E-state index in [2.05, 4.69) is 5.32 Å². The Morgan fingerprint density at radius 3 is 2.43 bits per heavy atom. The highest BCUT2D eigenvalue weighted by Crippen LogP contribution is 2.07. The van der Waals surface area contributed by atoms with Crippen molar-refractivity contribution < 1.29 is 24.3 Å². The van der Waals surface area contributed by atoms with E-state index in [1.54, 1.807) is 0 Å². The van der Waals surface area contributed by atoms with Gasteiger partial charge in [-0.15, -0.1) is 0 Å². The van der Waals surface area contributed by atoms with Crippen LogP contribution in [0.4, 0.5) is 0 Å². The van der Waals surface area contributed by atoms with Gasteiger partial charge in [0.1, 0.15) is 0 Å². The maximum atomic E-state index is 11.5. The van der Waals surface area contributed by atoms with E-state index in [4.69, 9.17) is 10.8 Å². The van der Waals surface area contributed by atoms with Crippen molar-refractivity contribution in [2.24, 2.45) is 5.73 Å². The smallest absolute Gasteiger partial charge is 0.305 e. The molecule has 1 unspecified atom stereocenters. The van der Waals surface area contributed by atoms with Gasteiger partial charge in [0.05, 0.1) is 12.5 Å². The first kappa shape index (κ1) is 16.8. The summed E-state index contributed by atoms with van der Waals surface area (Å²) in [7, 11) is 0. The number of unbranched alkanes of at least 4 members (excludes halogenated alkanes) is 1. The van der Waals surface area contributed by atoms with Crippen molar-refractivity contribution in [3.8, 4) is 0 Å². The molecule has 0 spiro atoms. The third-order valence-corrected chi connectivity index (χ3v) is 3.02. The second-order valence-electron chi connectivity index (χ2n) is 4.70. The zero-order valence-electron chi connectivity index (χ0n) is 11.6. The van der Waals surface area contributed by atoms with Crippen LogP contribution in [0.5, 0.6) is 0 Å². The Bertz CT molecular complexity index is 443. The second-order valence-corrected chi connectivity index (χ2v) is 4.70. The topological polar surface area (TPSA) is 130 Å². The van der Waals surface area contributed by atoms with Gasteiger partial charge in [-0.2, -0.15) is 0 Å². The SMILES string of the molecule is NC(CCCCN1C(=O)C=CC1=O)C(=O)NCCC(=O)O. The number of carboxylic acids is 1. The molecule has 0 saturated carbocycles. The quantitative estimate of drug-likeness (QED) is 0.370. The zero-order valence-corrected chi connectivity index (χ0v) is 11.6. The largest absolute Gasteiger partial charge is 0.481 e. The Morgan fingerprint density at radius 1 is 1.24 bits per heavy atom. The molecule has 8 heteroatoms. The Kier molecular flexibility index (Phi) is 6.54. The van der Waals surface area contributed by atoms with Crippen molar-refractivity contribution in [1.29, 1.82) is 0 Å². The van der Waals surface area contributed by atoms with Crippen molar-refractivity contribution in [1.82, 2.24) is 10.2 Å². The molecule has 3 amide bonds. The van der Waals surface area contributed by atoms with Crippen LogP contribution in [-0.4, -0.2) is 52.8 Å². The number of imide groups is 1. The molecular weight excluding hydrogens is 278 g/mol. The third kappa shape index (κ3) is 5.74. The Labute approximate surface area is 122 Å². The summed E-state index contributed by atoms with van der Waals surface area (Å²) in [4.78, 5) is 45.5. The standard InChI is InChI=1S/C13H19N3O5/c14-9(13(21)15-7-6-12(19)20)3-1-2-8-16-10(17)4-5-11(16)18/h4-5,9H,1-3,6-8,14H2,(H,15,21)(H,19,20). The van der Waals surface area contributed by atoms with Gasteiger partial charge in [0.25, 0.3) is 11.8 Å². The summed E-state index contributed by atoms with van der Waals surface area (Å²) >= 11 is 0. The molecule has 0 aromatic heterocycles. The first-order valence-electron chi connectivity index (χ1n) is 6.70. The highest BCUT2D eigenvalue weighted by Gasteiger charge is 2.22. The molecule has 116 valence electrons. The van der Waals surface area contributed by atoms with Gasteiger partial charge in [0.2, 0.25) is 5.91 Å². The van der Waals surface area contributed by atoms with Crippen LogP contribution in [0.3, 0.4) is 0 Å². The average Bonchev–Trinajstić information content (AvgIpc) is 2.73. The average molecular weight is 297 g/mol. The van der Waals surface area contributed by atoms with E-state index in [1.807, 2.05) is 0 Å². The zero-order chi connectivity index (χ0) is 15.8. The number of hydrogen-bond acceptors (Lipinski definition) is 5. The molecule has 1 heterocycles. The van der Waals surface area contributed by atoms with Crippen molar-refractivity contribution in [3.63, 3.8) is 0 Å². The normalized spacial score (nSPS) is 15.4. The number of carboxylic acid groups (broad SMARTS) is 1. The summed E-state index contributed by atoms with van der Waals surface area (Å²) in [5, 5.41) is 10.9. The second kappa shape index (κ2) is 8.15. The molecule has 4 N–H and O–H groups in total. The minimum absolute atomic E-state index is 0.0459. The van der Waals surface area contributed by atoms with Crippen LogP contribution in [0.2, 0.25) is 0 Å². The summed E-state index contributed by atoms with van der Waals surface area (Å²) in [5.74, 6) is -2.03. The number of carbonyl (C=O) groups excluding carboxylic acids is 3. The summed E-state index contributed by atoms with van der Waals surface area (Å²) in [6.45, 7) is 0.350. The fraction of sp³-hybridized carbons (Fsp3) is 0.538. The third-order valence-electron chi connectivity index (χ3n) is 3.02. The van der Waals surface area contributed by atoms with Crippen LogP contribution in [0, 0.1) is 0 Å². The van der Waals surface area contributed by atoms with Gasteiger partial charge >= 0.3 is 5.97 Å². The summed E-state index contributed by atoms with van der Waals surface area (Å²) < 4.78 is 0. The van der Waals surface area contributed by atoms with E-state index >= 15 is 0 Å². The predicted octanol–water partition coefficient (Wildman–Crippen LogP) is -1.00. The van der Waals surface area contributed by atoms with Crippen LogP contribution < -0.4 is 11.1 Å². The Balaban J connectivity index is 2.14. The lowest BCUT2D eigenvalue weighted by Crippen LogP contribution is -2.41. The fourth-order valence-electron chi connectivity index (χ4n) is 1.84. The summed E-state index contributed by atoms with van der Waals surface area (Å²) in [5.41, 5.74) is 5.66. The fourth-order valence-corrected chi connectivity index (χ4v) is 1.84. The number of nitrogens with one attached hydrogen (secondary N) is 1. The number of rotatable bonds is 9. The first-order valence-corrected chi connectivity index (χ1v) is 6.70. The van der Waals surface area contributed by atoms with Gasteiger partial charge < -0.3 is 16.2 Å². The first-order chi connectivity index (χ1) is 9.91. The molecule has 0 bridgehead atoms. The lowest BCUT2D eigenvalue weighted by Gasteiger charge is -2.15. The highest BCUT2D eigenvalue weighted by atomic mass is 16.4. The van der Waals surface area contributed by atoms with E-state index in [0.29, 0.717) is 25.8 Å². The molecular formula is C13H19N3O5. The van der Waals surface area contributed by atoms with Gasteiger partial charge in [0, 0.05) is 25.2 Å². The molecule has 0 saturated heterocycles. The molecule has 1 aliphatic rings. The van der Waals surface area contributed by atoms with Gasteiger partial charge in [-0.05, 0) is 19.3 Å². The molecule has 1 aliphatic heterocycles. The van der Waals surface area contributed by atoms with E-state index in [-0.39, 0.29) is 24.8 Å². The number of nitrogens with two attached hydrogens (primary N) is 1. The number of amides is 3. The monoisotopic (exact) mass is 297 g/mol. The van der Waals surface area contributed by atoms with Crippen LogP contribution in [0.1, 0.15) is 25.7 Å². The van der Waals surface area contributed by atoms with Crippen LogP contribution in [0.15, 0.2) is 12.2 Å². The van der Waals surface area contributed by atoms with Crippen molar-refractivity contribution >= 4 is 23.7 Å². The molecule has 1 atom stereocenters. The lowest BCUT2D eigenvalue weighted by atomic mass is 10.1. The van der Waals surface area contributed by atoms with Crippen molar-refractivity contribution in [3.05, 3.63) is 12.2 Å². The molecule has 0 radical (unpaired) electrons. The molecule has 0 aromatic carbocycles. The Hall–Kier alpha value is -2.22. The van der Waals surface area contributed by atoms with Crippen molar-refractivity contribution in [2.45, 2.75) is 31.7 Å². The van der Waals surface area contributed by atoms with E-state index < -0.39 is 17.9 Å². The lowest BCUT2D eigenvalue weighted by molar-refractivity contribution is -0.138. The highest BCUT2D eigenvalue weighted by molar-refractivity contribution is 6.12. The van der Waals surface area contributed by atoms with E-state index in [9.17, 15) is 19.2 Å². The van der Waals surface area contributed by atoms with Crippen LogP contribution in [0.25, 0.3) is 0 Å². The van der Waals surface area contributed by atoms with E-state index in [1.165, 1.54) is 12.2 Å².